The third kappa shape index (κ3) is 2.31. The maximum atomic E-state index is 13.9. The van der Waals surface area contributed by atoms with Gasteiger partial charge in [-0.25, -0.2) is 4.98 Å². The van der Waals surface area contributed by atoms with Gasteiger partial charge in [-0.05, 0) is 30.2 Å². The average molecular weight is 440 g/mol. The third-order valence-corrected chi connectivity index (χ3v) is 7.22. The number of nitrogens with one attached hydrogen (secondary N) is 1. The normalized spacial score (nSPS) is 19.2. The van der Waals surface area contributed by atoms with Crippen molar-refractivity contribution in [3.8, 4) is 17.5 Å². The summed E-state index contributed by atoms with van der Waals surface area (Å²) >= 11 is 1.47. The fourth-order valence-electron chi connectivity index (χ4n) is 4.87. The molecule has 0 radical (unpaired) electrons. The number of carbonyl (C=O) groups is 2. The molecule has 7 nitrogen and oxygen atoms in total. The molecular formula is C24H17N5O2S. The number of fused-ring (bicyclic) bond motifs is 5. The molecule has 2 amide bonds. The maximum absolute atomic E-state index is 13.9. The van der Waals surface area contributed by atoms with Crippen LogP contribution in [0.15, 0.2) is 48.7 Å². The van der Waals surface area contributed by atoms with Crippen LogP contribution in [0.1, 0.15) is 23.1 Å². The van der Waals surface area contributed by atoms with E-state index in [9.17, 15) is 9.59 Å². The summed E-state index contributed by atoms with van der Waals surface area (Å²) in [6, 6.07) is 13.6. The highest BCUT2D eigenvalue weighted by atomic mass is 32.1. The third-order valence-electron chi connectivity index (χ3n) is 6.20. The first-order valence-corrected chi connectivity index (χ1v) is 11.0. The Morgan fingerprint density at radius 2 is 2.03 bits per heavy atom. The number of rotatable bonds is 2. The molecule has 4 heterocycles. The number of aromatic nitrogens is 3. The smallest absolute Gasteiger partial charge is 0.243 e. The van der Waals surface area contributed by atoms with Crippen LogP contribution in [0, 0.1) is 19.3 Å². The largest absolute Gasteiger partial charge is 0.310 e. The van der Waals surface area contributed by atoms with Gasteiger partial charge in [0.15, 0.2) is 0 Å². The summed E-state index contributed by atoms with van der Waals surface area (Å²) in [5.74, 6) is 2.62. The molecule has 4 aromatic rings. The van der Waals surface area contributed by atoms with Gasteiger partial charge in [-0.2, -0.15) is 9.78 Å². The number of hydrogen-bond donors (Lipinski definition) is 1. The zero-order chi connectivity index (χ0) is 22.0. The molecule has 1 atom stereocenters. The van der Waals surface area contributed by atoms with E-state index in [2.05, 4.69) is 21.3 Å². The lowest BCUT2D eigenvalue weighted by molar-refractivity contribution is -0.126. The zero-order valence-electron chi connectivity index (χ0n) is 17.1. The molecule has 156 valence electrons. The number of carbonyl (C=O) groups excluding carboxylic acids is 2. The van der Waals surface area contributed by atoms with Gasteiger partial charge in [0, 0.05) is 12.0 Å². The fourth-order valence-corrected chi connectivity index (χ4v) is 5.80. The summed E-state index contributed by atoms with van der Waals surface area (Å²) in [5, 5.41) is 8.11. The first-order valence-electron chi connectivity index (χ1n) is 10.1. The van der Waals surface area contributed by atoms with E-state index in [0.717, 1.165) is 27.0 Å². The topological polar surface area (TPSA) is 80.1 Å². The molecule has 0 bridgehead atoms. The van der Waals surface area contributed by atoms with Gasteiger partial charge >= 0.3 is 0 Å². The quantitative estimate of drug-likeness (QED) is 0.486. The van der Waals surface area contributed by atoms with E-state index < -0.39 is 5.41 Å². The van der Waals surface area contributed by atoms with Crippen LogP contribution in [-0.2, 0) is 15.0 Å². The molecule has 8 heteroatoms. The number of thiazole rings is 1. The molecule has 0 aliphatic carbocycles. The average Bonchev–Trinajstić information content (AvgIpc) is 3.45. The number of aryl methyl sites for hydroxylation is 1. The molecule has 32 heavy (non-hydrogen) atoms. The van der Waals surface area contributed by atoms with Crippen molar-refractivity contribution < 1.29 is 9.59 Å². The molecule has 2 aromatic heterocycles. The maximum Gasteiger partial charge on any atom is 0.243 e. The van der Waals surface area contributed by atoms with E-state index in [4.69, 9.17) is 6.42 Å². The zero-order valence-corrected chi connectivity index (χ0v) is 17.9. The highest BCUT2D eigenvalue weighted by molar-refractivity contribution is 7.20. The molecule has 1 spiro atoms. The van der Waals surface area contributed by atoms with E-state index in [-0.39, 0.29) is 24.8 Å². The van der Waals surface area contributed by atoms with Crippen molar-refractivity contribution in [3.05, 3.63) is 65.4 Å². The Bertz CT molecular complexity index is 1460. The standard InChI is InChI=1S/C24H17N5O2S/c1-3-11-28-20-14(2)7-6-8-15(20)24(22(28)31)12-19(30)27-21-16(24)13-25-29(21)23-26-17-9-4-5-10-18(17)32-23/h1,4-10,13H,11-12H2,2H3,(H,27,30). The number of amides is 2. The second-order valence-electron chi connectivity index (χ2n) is 7.98. The van der Waals surface area contributed by atoms with Gasteiger partial charge in [0.25, 0.3) is 0 Å². The number of nitrogens with zero attached hydrogens (tertiary/aromatic N) is 4. The predicted octanol–water partition coefficient (Wildman–Crippen LogP) is 3.40. The number of anilines is 2. The molecule has 1 unspecified atom stereocenters. The summed E-state index contributed by atoms with van der Waals surface area (Å²) in [4.78, 5) is 33.1. The minimum atomic E-state index is -1.16. The SMILES string of the molecule is C#CCN1C(=O)C2(CC(=O)Nc3c2cnn3-c2nc3ccccc3s2)c2cccc(C)c21. The second-order valence-corrected chi connectivity index (χ2v) is 8.99. The monoisotopic (exact) mass is 439 g/mol. The highest BCUT2D eigenvalue weighted by Gasteiger charge is 2.57. The van der Waals surface area contributed by atoms with Gasteiger partial charge in [-0.3, -0.25) is 14.5 Å². The molecule has 2 aliphatic rings. The summed E-state index contributed by atoms with van der Waals surface area (Å²) < 4.78 is 2.63. The van der Waals surface area contributed by atoms with Gasteiger partial charge < -0.3 is 5.32 Å². The number of hydrogen-bond acceptors (Lipinski definition) is 5. The van der Waals surface area contributed by atoms with E-state index in [1.54, 1.807) is 15.8 Å². The molecule has 1 N–H and O–H groups in total. The Balaban J connectivity index is 1.60. The van der Waals surface area contributed by atoms with Crippen molar-refractivity contribution in [2.75, 3.05) is 16.8 Å². The van der Waals surface area contributed by atoms with Crippen LogP contribution in [0.4, 0.5) is 11.5 Å². The molecule has 2 aromatic carbocycles. The Morgan fingerprint density at radius 1 is 1.19 bits per heavy atom. The van der Waals surface area contributed by atoms with Crippen molar-refractivity contribution in [2.45, 2.75) is 18.8 Å². The Morgan fingerprint density at radius 3 is 2.84 bits per heavy atom. The summed E-state index contributed by atoms with van der Waals surface area (Å²) in [6.07, 6.45) is 7.26. The predicted molar refractivity (Wildman–Crippen MR) is 123 cm³/mol. The lowest BCUT2D eigenvalue weighted by atomic mass is 9.71. The molecule has 0 saturated heterocycles. The van der Waals surface area contributed by atoms with Gasteiger partial charge in [0.2, 0.25) is 16.9 Å². The van der Waals surface area contributed by atoms with Crippen LogP contribution in [-0.4, -0.2) is 33.1 Å². The van der Waals surface area contributed by atoms with E-state index in [0.29, 0.717) is 16.5 Å². The van der Waals surface area contributed by atoms with E-state index in [1.165, 1.54) is 11.3 Å². The van der Waals surface area contributed by atoms with E-state index >= 15 is 0 Å². The lowest BCUT2D eigenvalue weighted by Crippen LogP contribution is -2.46. The number of benzene rings is 2. The fraction of sp³-hybridized carbons (Fsp3) is 0.167. The lowest BCUT2D eigenvalue weighted by Gasteiger charge is -2.32. The minimum absolute atomic E-state index is 0.00188. The van der Waals surface area contributed by atoms with Crippen LogP contribution in [0.5, 0.6) is 0 Å². The van der Waals surface area contributed by atoms with Crippen molar-refractivity contribution in [2.24, 2.45) is 0 Å². The highest BCUT2D eigenvalue weighted by Crippen LogP contribution is 2.53. The van der Waals surface area contributed by atoms with Gasteiger partial charge in [-0.15, -0.1) is 6.42 Å². The molecule has 0 fully saturated rings. The van der Waals surface area contributed by atoms with Crippen LogP contribution in [0.2, 0.25) is 0 Å². The van der Waals surface area contributed by atoms with Crippen LogP contribution in [0.25, 0.3) is 15.3 Å². The van der Waals surface area contributed by atoms with Crippen molar-refractivity contribution in [3.63, 3.8) is 0 Å². The second kappa shape index (κ2) is 6.52. The summed E-state index contributed by atoms with van der Waals surface area (Å²) in [7, 11) is 0. The Labute approximate surface area is 187 Å². The molecule has 0 saturated carbocycles. The van der Waals surface area contributed by atoms with Crippen molar-refractivity contribution in [1.29, 1.82) is 0 Å². The summed E-state index contributed by atoms with van der Waals surface area (Å²) in [5.41, 5.74) is 2.86. The van der Waals surface area contributed by atoms with Crippen molar-refractivity contribution >= 4 is 44.9 Å². The van der Waals surface area contributed by atoms with Crippen LogP contribution in [0.3, 0.4) is 0 Å². The first-order chi connectivity index (χ1) is 15.5. The van der Waals surface area contributed by atoms with Gasteiger partial charge in [0.1, 0.15) is 11.2 Å². The molecule has 6 rings (SSSR count). The van der Waals surface area contributed by atoms with Gasteiger partial charge in [0.05, 0.1) is 28.6 Å². The summed E-state index contributed by atoms with van der Waals surface area (Å²) in [6.45, 7) is 2.09. The molecule has 2 aliphatic heterocycles. The van der Waals surface area contributed by atoms with Gasteiger partial charge in [-0.1, -0.05) is 47.6 Å². The minimum Gasteiger partial charge on any atom is -0.310 e. The van der Waals surface area contributed by atoms with Crippen LogP contribution < -0.4 is 10.2 Å². The van der Waals surface area contributed by atoms with Crippen molar-refractivity contribution in [1.82, 2.24) is 14.8 Å². The Hall–Kier alpha value is -3.96. The van der Waals surface area contributed by atoms with E-state index in [1.807, 2.05) is 49.4 Å². The molecular weight excluding hydrogens is 422 g/mol. The number of terminal acetylenes is 1. The van der Waals surface area contributed by atoms with Crippen LogP contribution >= 0.6 is 11.3 Å². The first kappa shape index (κ1) is 18.8. The number of para-hydroxylation sites is 2. The Kier molecular flexibility index (Phi) is 3.83.